The summed E-state index contributed by atoms with van der Waals surface area (Å²) < 4.78 is 1.78. The summed E-state index contributed by atoms with van der Waals surface area (Å²) in [4.78, 5) is 0. The van der Waals surface area contributed by atoms with Gasteiger partial charge in [-0.2, -0.15) is 5.10 Å². The first-order valence-electron chi connectivity index (χ1n) is 5.38. The van der Waals surface area contributed by atoms with Crippen LogP contribution < -0.4 is 11.3 Å². The van der Waals surface area contributed by atoms with Crippen molar-refractivity contribution in [3.8, 4) is 0 Å². The molecule has 0 bridgehead atoms. The number of aryl methyl sites for hydroxylation is 1. The minimum atomic E-state index is 0.0662. The van der Waals surface area contributed by atoms with Crippen molar-refractivity contribution >= 4 is 11.6 Å². The van der Waals surface area contributed by atoms with E-state index in [0.717, 1.165) is 22.6 Å². The Kier molecular flexibility index (Phi) is 3.78. The van der Waals surface area contributed by atoms with Gasteiger partial charge in [-0.3, -0.25) is 16.0 Å². The van der Waals surface area contributed by atoms with Crippen molar-refractivity contribution in [3.63, 3.8) is 0 Å². The largest absolute Gasteiger partial charge is 0.276 e. The molecule has 4 nitrogen and oxygen atoms in total. The van der Waals surface area contributed by atoms with Crippen LogP contribution >= 0.6 is 11.6 Å². The predicted molar refractivity (Wildman–Crippen MR) is 68.4 cm³/mol. The van der Waals surface area contributed by atoms with Crippen LogP contribution in [0.4, 0.5) is 0 Å². The summed E-state index contributed by atoms with van der Waals surface area (Å²) in [7, 11) is 1.90. The SMILES string of the molecule is Cn1cc(CC(NN)c2ccc(Cl)cc2)cn1. The summed E-state index contributed by atoms with van der Waals surface area (Å²) in [5.41, 5.74) is 5.07. The van der Waals surface area contributed by atoms with Gasteiger partial charge in [0.05, 0.1) is 12.2 Å². The van der Waals surface area contributed by atoms with Crippen LogP contribution in [0, 0.1) is 0 Å². The summed E-state index contributed by atoms with van der Waals surface area (Å²) in [6, 6.07) is 7.75. The summed E-state index contributed by atoms with van der Waals surface area (Å²) in [5, 5.41) is 4.87. The van der Waals surface area contributed by atoms with Crippen molar-refractivity contribution in [1.82, 2.24) is 15.2 Å². The minimum Gasteiger partial charge on any atom is -0.276 e. The first-order valence-corrected chi connectivity index (χ1v) is 5.76. The summed E-state index contributed by atoms with van der Waals surface area (Å²) in [5.74, 6) is 5.59. The first kappa shape index (κ1) is 12.1. The Labute approximate surface area is 105 Å². The van der Waals surface area contributed by atoms with Gasteiger partial charge in [-0.05, 0) is 29.7 Å². The minimum absolute atomic E-state index is 0.0662. The van der Waals surface area contributed by atoms with Crippen molar-refractivity contribution in [2.75, 3.05) is 0 Å². The lowest BCUT2D eigenvalue weighted by Gasteiger charge is -2.15. The van der Waals surface area contributed by atoms with Crippen molar-refractivity contribution in [2.24, 2.45) is 12.9 Å². The lowest BCUT2D eigenvalue weighted by atomic mass is 10.0. The maximum Gasteiger partial charge on any atom is 0.0522 e. The van der Waals surface area contributed by atoms with Crippen LogP contribution in [0.15, 0.2) is 36.7 Å². The third-order valence-corrected chi connectivity index (χ3v) is 2.92. The van der Waals surface area contributed by atoms with Gasteiger partial charge < -0.3 is 0 Å². The number of halogens is 1. The van der Waals surface area contributed by atoms with Gasteiger partial charge in [-0.1, -0.05) is 23.7 Å². The van der Waals surface area contributed by atoms with E-state index in [0.29, 0.717) is 0 Å². The lowest BCUT2D eigenvalue weighted by Crippen LogP contribution is -2.29. The maximum absolute atomic E-state index is 5.86. The highest BCUT2D eigenvalue weighted by Crippen LogP contribution is 2.19. The molecule has 0 saturated heterocycles. The van der Waals surface area contributed by atoms with Crippen LogP contribution in [0.3, 0.4) is 0 Å². The fraction of sp³-hybridized carbons (Fsp3) is 0.250. The molecule has 1 aromatic carbocycles. The van der Waals surface area contributed by atoms with Crippen LogP contribution in [0.5, 0.6) is 0 Å². The molecular weight excluding hydrogens is 236 g/mol. The van der Waals surface area contributed by atoms with E-state index < -0.39 is 0 Å². The zero-order valence-corrected chi connectivity index (χ0v) is 10.4. The second-order valence-corrected chi connectivity index (χ2v) is 4.43. The molecule has 2 aromatic rings. The average Bonchev–Trinajstić information content (AvgIpc) is 2.73. The molecule has 0 aliphatic heterocycles. The Hall–Kier alpha value is -1.36. The normalized spacial score (nSPS) is 12.6. The molecule has 0 aliphatic carbocycles. The van der Waals surface area contributed by atoms with Crippen LogP contribution in [0.2, 0.25) is 5.02 Å². The molecule has 0 spiro atoms. The Morgan fingerprint density at radius 2 is 2.12 bits per heavy atom. The molecular formula is C12H15ClN4. The molecule has 1 aromatic heterocycles. The van der Waals surface area contributed by atoms with Crippen LogP contribution in [0.25, 0.3) is 0 Å². The number of benzene rings is 1. The molecule has 5 heteroatoms. The molecule has 0 fully saturated rings. The Morgan fingerprint density at radius 3 is 2.65 bits per heavy atom. The molecule has 90 valence electrons. The fourth-order valence-electron chi connectivity index (χ4n) is 1.78. The second kappa shape index (κ2) is 5.31. The number of hydrogen-bond acceptors (Lipinski definition) is 3. The topological polar surface area (TPSA) is 55.9 Å². The third kappa shape index (κ3) is 3.06. The molecule has 1 atom stereocenters. The third-order valence-electron chi connectivity index (χ3n) is 2.67. The van der Waals surface area contributed by atoms with Crippen molar-refractivity contribution in [2.45, 2.75) is 12.5 Å². The van der Waals surface area contributed by atoms with E-state index in [9.17, 15) is 0 Å². The van der Waals surface area contributed by atoms with E-state index in [1.807, 2.05) is 43.7 Å². The van der Waals surface area contributed by atoms with E-state index in [-0.39, 0.29) is 6.04 Å². The van der Waals surface area contributed by atoms with E-state index in [1.54, 1.807) is 4.68 Å². The molecule has 1 unspecified atom stereocenters. The summed E-state index contributed by atoms with van der Waals surface area (Å²) in [6.45, 7) is 0. The fourth-order valence-corrected chi connectivity index (χ4v) is 1.91. The Morgan fingerprint density at radius 1 is 1.41 bits per heavy atom. The number of aromatic nitrogens is 2. The highest BCUT2D eigenvalue weighted by molar-refractivity contribution is 6.30. The van der Waals surface area contributed by atoms with Gasteiger partial charge in [0.15, 0.2) is 0 Å². The summed E-state index contributed by atoms with van der Waals surface area (Å²) >= 11 is 5.86. The highest BCUT2D eigenvalue weighted by Gasteiger charge is 2.11. The van der Waals surface area contributed by atoms with E-state index in [1.165, 1.54) is 0 Å². The zero-order valence-electron chi connectivity index (χ0n) is 9.60. The van der Waals surface area contributed by atoms with Gasteiger partial charge in [0.2, 0.25) is 0 Å². The van der Waals surface area contributed by atoms with Crippen molar-refractivity contribution < 1.29 is 0 Å². The van der Waals surface area contributed by atoms with Gasteiger partial charge >= 0.3 is 0 Å². The number of nitrogens with two attached hydrogens (primary N) is 1. The molecule has 1 heterocycles. The van der Waals surface area contributed by atoms with Crippen LogP contribution in [-0.2, 0) is 13.5 Å². The van der Waals surface area contributed by atoms with E-state index in [4.69, 9.17) is 17.4 Å². The predicted octanol–water partition coefficient (Wildman–Crippen LogP) is 1.82. The molecule has 0 aliphatic rings. The standard InChI is InChI=1S/C12H15ClN4/c1-17-8-9(7-15-17)6-12(16-14)10-2-4-11(13)5-3-10/h2-5,7-8,12,16H,6,14H2,1H3. The number of nitrogens with one attached hydrogen (secondary N) is 1. The lowest BCUT2D eigenvalue weighted by molar-refractivity contribution is 0.552. The number of rotatable bonds is 4. The first-order chi connectivity index (χ1) is 8.19. The van der Waals surface area contributed by atoms with Crippen LogP contribution in [0.1, 0.15) is 17.2 Å². The quantitative estimate of drug-likeness (QED) is 0.643. The summed E-state index contributed by atoms with van der Waals surface area (Å²) in [6.07, 6.45) is 4.63. The van der Waals surface area contributed by atoms with Gasteiger partial charge in [0.1, 0.15) is 0 Å². The van der Waals surface area contributed by atoms with Gasteiger partial charge in [0, 0.05) is 18.3 Å². The monoisotopic (exact) mass is 250 g/mol. The second-order valence-electron chi connectivity index (χ2n) is 4.00. The molecule has 0 saturated carbocycles. The number of nitrogens with zero attached hydrogens (tertiary/aromatic N) is 2. The zero-order chi connectivity index (χ0) is 12.3. The number of hydrazine groups is 1. The molecule has 2 rings (SSSR count). The van der Waals surface area contributed by atoms with Gasteiger partial charge in [-0.15, -0.1) is 0 Å². The maximum atomic E-state index is 5.86. The van der Waals surface area contributed by atoms with Crippen LogP contribution in [-0.4, -0.2) is 9.78 Å². The average molecular weight is 251 g/mol. The van der Waals surface area contributed by atoms with E-state index in [2.05, 4.69) is 10.5 Å². The molecule has 17 heavy (non-hydrogen) atoms. The highest BCUT2D eigenvalue weighted by atomic mass is 35.5. The Bertz CT molecular complexity index is 478. The van der Waals surface area contributed by atoms with Gasteiger partial charge in [0.25, 0.3) is 0 Å². The Balaban J connectivity index is 2.13. The molecule has 0 radical (unpaired) electrons. The van der Waals surface area contributed by atoms with Crippen molar-refractivity contribution in [3.05, 3.63) is 52.8 Å². The van der Waals surface area contributed by atoms with Gasteiger partial charge in [-0.25, -0.2) is 0 Å². The molecule has 3 N–H and O–H groups in total. The number of hydrogen-bond donors (Lipinski definition) is 2. The van der Waals surface area contributed by atoms with Crippen molar-refractivity contribution in [1.29, 1.82) is 0 Å². The van der Waals surface area contributed by atoms with E-state index >= 15 is 0 Å². The smallest absolute Gasteiger partial charge is 0.0522 e. The molecule has 0 amide bonds.